The van der Waals surface area contributed by atoms with Crippen molar-refractivity contribution in [1.29, 1.82) is 0 Å². The number of hydrogen-bond acceptors (Lipinski definition) is 10. The lowest BCUT2D eigenvalue weighted by molar-refractivity contribution is -0.136. The van der Waals surface area contributed by atoms with Gasteiger partial charge in [-0.25, -0.2) is 4.79 Å². The van der Waals surface area contributed by atoms with Crippen molar-refractivity contribution in [2.24, 2.45) is 11.5 Å². The Morgan fingerprint density at radius 1 is 0.833 bits per heavy atom. The van der Waals surface area contributed by atoms with Crippen LogP contribution in [0.25, 0.3) is 5.76 Å². The van der Waals surface area contributed by atoms with E-state index >= 15 is 0 Å². The number of carboxylic acids is 1. The van der Waals surface area contributed by atoms with E-state index in [0.29, 0.717) is 29.7 Å². The molecule has 0 bridgehead atoms. The number of rotatable bonds is 9. The fourth-order valence-electron chi connectivity index (χ4n) is 4.61. The standard InChI is InChI=1S/C13H14BNO6.C13H14BNO5.CH4/c15-11(17)6-9(16)5-8-4-7-2-1-3-10(13(18)19)12(7)21-14(8)20;1-7(16)10-4-2-3-8-5-9(6-11(17)13(15)18)14(19)20-12(8)10;/h1-3,8,20H,4-6H2,(H2,15,17)(H,18,19);2-4,9,16,19H,1,5-6H2,(H2,15,18);1H4/t8-;9-;/m11./s1. The molecule has 2 heterocycles. The van der Waals surface area contributed by atoms with Crippen LogP contribution >= 0.6 is 0 Å². The number of Topliss-reactive ketones (excluding diaryl/α,β-unsaturated/α-hetero) is 2. The lowest BCUT2D eigenvalue weighted by atomic mass is 9.64. The number of aliphatic hydroxyl groups excluding tert-OH is 1. The summed E-state index contributed by atoms with van der Waals surface area (Å²) < 4.78 is 10.6. The van der Waals surface area contributed by atoms with E-state index in [1.807, 2.05) is 0 Å². The molecule has 8 N–H and O–H groups in total. The highest BCUT2D eigenvalue weighted by molar-refractivity contribution is 6.48. The van der Waals surface area contributed by atoms with Gasteiger partial charge < -0.3 is 41.0 Å². The van der Waals surface area contributed by atoms with E-state index in [1.54, 1.807) is 30.3 Å². The van der Waals surface area contributed by atoms with Crippen LogP contribution < -0.4 is 20.8 Å². The van der Waals surface area contributed by atoms with Crippen molar-refractivity contribution in [3.8, 4) is 11.5 Å². The number of hydrogen-bond donors (Lipinski definition) is 6. The van der Waals surface area contributed by atoms with E-state index in [9.17, 15) is 39.1 Å². The van der Waals surface area contributed by atoms with E-state index in [2.05, 4.69) is 6.58 Å². The summed E-state index contributed by atoms with van der Waals surface area (Å²) in [4.78, 5) is 55.5. The van der Waals surface area contributed by atoms with Crippen LogP contribution in [0.15, 0.2) is 43.0 Å². The average molecular weight is 582 g/mol. The number of carbonyl (C=O) groups is 5. The monoisotopic (exact) mass is 582 g/mol. The van der Waals surface area contributed by atoms with Crippen molar-refractivity contribution >= 4 is 49.3 Å². The maximum Gasteiger partial charge on any atom is 0.526 e. The molecule has 0 spiro atoms. The number of primary amides is 2. The molecule has 0 fully saturated rings. The number of aromatic carboxylic acids is 1. The van der Waals surface area contributed by atoms with Crippen LogP contribution in [-0.2, 0) is 32.0 Å². The summed E-state index contributed by atoms with van der Waals surface area (Å²) in [7, 11) is -2.54. The third-order valence-electron chi connectivity index (χ3n) is 6.57. The molecule has 0 radical (unpaired) electrons. The quantitative estimate of drug-likeness (QED) is 0.106. The van der Waals surface area contributed by atoms with Crippen LogP contribution in [-0.4, -0.2) is 63.8 Å². The van der Waals surface area contributed by atoms with E-state index in [0.717, 1.165) is 5.56 Å². The molecule has 2 aliphatic rings. The number of carboxylic acid groups (broad SMARTS) is 1. The van der Waals surface area contributed by atoms with Gasteiger partial charge in [-0.15, -0.1) is 0 Å². The molecule has 0 unspecified atom stereocenters. The Bertz CT molecular complexity index is 1400. The maximum absolute atomic E-state index is 11.6. The number of amides is 2. The molecule has 0 aliphatic carbocycles. The normalized spacial score (nSPS) is 16.5. The number of fused-ring (bicyclic) bond motifs is 2. The number of para-hydroxylation sites is 2. The first-order valence-corrected chi connectivity index (χ1v) is 12.5. The zero-order chi connectivity index (χ0) is 30.4. The van der Waals surface area contributed by atoms with Crippen molar-refractivity contribution in [3.05, 3.63) is 65.2 Å². The Hall–Kier alpha value is -4.62. The molecular formula is C27H32B2N2O11. The minimum absolute atomic E-state index is 0. The Morgan fingerprint density at radius 2 is 1.31 bits per heavy atom. The average Bonchev–Trinajstić information content (AvgIpc) is 2.88. The first kappa shape index (κ1) is 33.6. The van der Waals surface area contributed by atoms with Crippen LogP contribution in [0.2, 0.25) is 11.6 Å². The molecule has 13 nitrogen and oxygen atoms in total. The summed E-state index contributed by atoms with van der Waals surface area (Å²) in [6.45, 7) is 3.43. The van der Waals surface area contributed by atoms with Crippen LogP contribution in [0.1, 0.15) is 53.7 Å². The fraction of sp³-hybridized carbons (Fsp3) is 0.296. The molecule has 0 aromatic heterocycles. The second-order valence-corrected chi connectivity index (χ2v) is 9.66. The third-order valence-corrected chi connectivity index (χ3v) is 6.57. The lowest BCUT2D eigenvalue weighted by Gasteiger charge is -2.28. The lowest BCUT2D eigenvalue weighted by Crippen LogP contribution is -2.37. The van der Waals surface area contributed by atoms with E-state index < -0.39 is 49.4 Å². The summed E-state index contributed by atoms with van der Waals surface area (Å²) in [6, 6.07) is 9.72. The first-order chi connectivity index (χ1) is 19.3. The maximum atomic E-state index is 11.6. The molecule has 2 aromatic carbocycles. The van der Waals surface area contributed by atoms with Gasteiger partial charge in [0.1, 0.15) is 23.0 Å². The van der Waals surface area contributed by atoms with Crippen LogP contribution in [0.3, 0.4) is 0 Å². The summed E-state index contributed by atoms with van der Waals surface area (Å²) in [5.74, 6) is -4.82. The summed E-state index contributed by atoms with van der Waals surface area (Å²) in [6.07, 6.45) is 0.0189. The molecule has 2 atom stereocenters. The number of ketones is 2. The van der Waals surface area contributed by atoms with Gasteiger partial charge in [-0.2, -0.15) is 0 Å². The Morgan fingerprint density at radius 3 is 1.76 bits per heavy atom. The summed E-state index contributed by atoms with van der Waals surface area (Å²) >= 11 is 0. The van der Waals surface area contributed by atoms with Crippen molar-refractivity contribution in [2.75, 3.05) is 0 Å². The number of nitrogens with two attached hydrogens (primary N) is 2. The van der Waals surface area contributed by atoms with Crippen molar-refractivity contribution in [2.45, 2.75) is 51.2 Å². The van der Waals surface area contributed by atoms with E-state index in [4.69, 9.17) is 25.9 Å². The van der Waals surface area contributed by atoms with Gasteiger partial charge >= 0.3 is 20.2 Å². The van der Waals surface area contributed by atoms with Crippen molar-refractivity contribution < 1.29 is 53.5 Å². The zero-order valence-corrected chi connectivity index (χ0v) is 21.8. The highest BCUT2D eigenvalue weighted by atomic mass is 16.5. The topological polar surface area (TPSA) is 237 Å². The molecule has 2 aromatic rings. The van der Waals surface area contributed by atoms with E-state index in [1.165, 1.54) is 6.07 Å². The Labute approximate surface area is 242 Å². The molecule has 4 rings (SSSR count). The van der Waals surface area contributed by atoms with Gasteiger partial charge in [0.05, 0.1) is 17.5 Å². The van der Waals surface area contributed by atoms with Crippen molar-refractivity contribution in [3.63, 3.8) is 0 Å². The molecular weight excluding hydrogens is 550 g/mol. The van der Waals surface area contributed by atoms with Gasteiger partial charge in [0.15, 0.2) is 0 Å². The molecule has 2 amide bonds. The minimum Gasteiger partial charge on any atom is -0.535 e. The predicted octanol–water partition coefficient (Wildman–Crippen LogP) is 1.09. The zero-order valence-electron chi connectivity index (χ0n) is 21.8. The second-order valence-electron chi connectivity index (χ2n) is 9.66. The van der Waals surface area contributed by atoms with Crippen molar-refractivity contribution in [1.82, 2.24) is 0 Å². The molecule has 15 heteroatoms. The third kappa shape index (κ3) is 8.21. The largest absolute Gasteiger partial charge is 0.535 e. The molecule has 42 heavy (non-hydrogen) atoms. The highest BCUT2D eigenvalue weighted by Crippen LogP contribution is 2.38. The molecule has 2 aliphatic heterocycles. The van der Waals surface area contributed by atoms with E-state index in [-0.39, 0.29) is 49.5 Å². The molecule has 222 valence electrons. The first-order valence-electron chi connectivity index (χ1n) is 12.5. The number of carbonyl (C=O) groups excluding carboxylic acids is 4. The summed E-state index contributed by atoms with van der Waals surface area (Å²) in [5.41, 5.74) is 11.5. The summed E-state index contributed by atoms with van der Waals surface area (Å²) in [5, 5.41) is 38.4. The Balaban J connectivity index is 0.000000287. The predicted molar refractivity (Wildman–Crippen MR) is 153 cm³/mol. The Kier molecular flexibility index (Phi) is 11.5. The number of aliphatic hydroxyl groups is 1. The van der Waals surface area contributed by atoms with Crippen LogP contribution in [0.4, 0.5) is 0 Å². The SMILES string of the molecule is C.C=C(O)c1cccc2c1OB(O)[C@@H](CC(=O)C(N)=O)C2.NC(=O)CC(=O)C[C@H]1Cc2cccc(C(=O)O)c2OB1O. The van der Waals surface area contributed by atoms with Crippen LogP contribution in [0, 0.1) is 0 Å². The molecule has 0 saturated carbocycles. The van der Waals surface area contributed by atoms with Gasteiger partial charge in [-0.1, -0.05) is 38.3 Å². The van der Waals surface area contributed by atoms with Gasteiger partial charge in [0.2, 0.25) is 11.7 Å². The van der Waals surface area contributed by atoms with Gasteiger partial charge in [0.25, 0.3) is 5.91 Å². The van der Waals surface area contributed by atoms with Gasteiger partial charge in [-0.3, -0.25) is 19.2 Å². The molecule has 0 saturated heterocycles. The number of benzene rings is 2. The van der Waals surface area contributed by atoms with Crippen LogP contribution in [0.5, 0.6) is 11.5 Å². The smallest absolute Gasteiger partial charge is 0.526 e. The fourth-order valence-corrected chi connectivity index (χ4v) is 4.61. The highest BCUT2D eigenvalue weighted by Gasteiger charge is 2.39. The van der Waals surface area contributed by atoms with Gasteiger partial charge in [0, 0.05) is 24.5 Å². The minimum atomic E-state index is -1.30. The second kappa shape index (κ2) is 14.3. The van der Waals surface area contributed by atoms with Gasteiger partial charge in [-0.05, 0) is 36.1 Å².